The number of hydrogen-bond acceptors (Lipinski definition) is 4. The molecule has 5 heteroatoms. The largest absolute Gasteiger partial charge is 0.356 e. The number of aryl methyl sites for hydroxylation is 2. The lowest BCUT2D eigenvalue weighted by Crippen LogP contribution is -2.43. The van der Waals surface area contributed by atoms with Gasteiger partial charge in [0.1, 0.15) is 11.6 Å². The number of nitrogens with one attached hydrogen (secondary N) is 1. The van der Waals surface area contributed by atoms with Crippen molar-refractivity contribution in [3.63, 3.8) is 0 Å². The van der Waals surface area contributed by atoms with E-state index in [9.17, 15) is 4.79 Å². The predicted molar refractivity (Wildman–Crippen MR) is 79.7 cm³/mol. The van der Waals surface area contributed by atoms with E-state index >= 15 is 0 Å². The van der Waals surface area contributed by atoms with Gasteiger partial charge in [0.15, 0.2) is 0 Å². The van der Waals surface area contributed by atoms with Crippen molar-refractivity contribution in [3.8, 4) is 0 Å². The Hall–Kier alpha value is -1.65. The fourth-order valence-corrected chi connectivity index (χ4v) is 2.65. The number of amides is 1. The molecule has 1 aliphatic rings. The van der Waals surface area contributed by atoms with E-state index in [0.29, 0.717) is 0 Å². The Labute approximate surface area is 120 Å². The molecule has 1 aliphatic heterocycles. The normalized spacial score (nSPS) is 18.9. The van der Waals surface area contributed by atoms with E-state index in [4.69, 9.17) is 0 Å². The van der Waals surface area contributed by atoms with Crippen LogP contribution in [-0.4, -0.2) is 35.5 Å². The first-order valence-electron chi connectivity index (χ1n) is 7.45. The molecule has 0 aromatic carbocycles. The van der Waals surface area contributed by atoms with E-state index < -0.39 is 0 Å². The third kappa shape index (κ3) is 3.68. The summed E-state index contributed by atoms with van der Waals surface area (Å²) in [4.78, 5) is 23.1. The molecule has 1 unspecified atom stereocenters. The average Bonchev–Trinajstić information content (AvgIpc) is 2.44. The molecule has 1 atom stereocenters. The van der Waals surface area contributed by atoms with Gasteiger partial charge in [-0.15, -0.1) is 0 Å². The monoisotopic (exact) mass is 276 g/mol. The number of rotatable bonds is 4. The summed E-state index contributed by atoms with van der Waals surface area (Å²) in [6, 6.07) is 2.00. The number of piperidine rings is 1. The van der Waals surface area contributed by atoms with Crippen molar-refractivity contribution in [1.29, 1.82) is 0 Å². The van der Waals surface area contributed by atoms with Gasteiger partial charge < -0.3 is 10.2 Å². The Kier molecular flexibility index (Phi) is 4.93. The van der Waals surface area contributed by atoms with Crippen LogP contribution in [0.2, 0.25) is 0 Å². The third-order valence-electron chi connectivity index (χ3n) is 3.62. The smallest absolute Gasteiger partial charge is 0.224 e. The van der Waals surface area contributed by atoms with Crippen molar-refractivity contribution in [2.24, 2.45) is 5.92 Å². The maximum Gasteiger partial charge on any atom is 0.224 e. The van der Waals surface area contributed by atoms with Crippen LogP contribution in [0.25, 0.3) is 0 Å². The summed E-state index contributed by atoms with van der Waals surface area (Å²) in [6.45, 7) is 8.44. The minimum atomic E-state index is 0.0749. The molecule has 5 nitrogen and oxygen atoms in total. The number of carbonyl (C=O) groups is 1. The molecule has 1 aromatic heterocycles. The van der Waals surface area contributed by atoms with E-state index in [1.54, 1.807) is 0 Å². The summed E-state index contributed by atoms with van der Waals surface area (Å²) in [5.41, 5.74) is 0.977. The minimum absolute atomic E-state index is 0.0749. The van der Waals surface area contributed by atoms with Crippen LogP contribution in [-0.2, 0) is 4.79 Å². The van der Waals surface area contributed by atoms with Gasteiger partial charge >= 0.3 is 0 Å². The summed E-state index contributed by atoms with van der Waals surface area (Å²) in [5.74, 6) is 1.99. The van der Waals surface area contributed by atoms with E-state index in [0.717, 1.165) is 56.2 Å². The summed E-state index contributed by atoms with van der Waals surface area (Å²) in [5, 5.41) is 3.00. The Morgan fingerprint density at radius 2 is 2.25 bits per heavy atom. The highest BCUT2D eigenvalue weighted by Gasteiger charge is 2.26. The number of aromatic nitrogens is 2. The lowest BCUT2D eigenvalue weighted by molar-refractivity contribution is -0.125. The number of hydrogen-bond donors (Lipinski definition) is 1. The van der Waals surface area contributed by atoms with Gasteiger partial charge in [0.25, 0.3) is 0 Å². The molecule has 20 heavy (non-hydrogen) atoms. The van der Waals surface area contributed by atoms with Gasteiger partial charge in [-0.25, -0.2) is 9.97 Å². The molecule has 1 amide bonds. The average molecular weight is 276 g/mol. The van der Waals surface area contributed by atoms with Crippen LogP contribution in [0.3, 0.4) is 0 Å². The Bertz CT molecular complexity index is 455. The highest BCUT2D eigenvalue weighted by Crippen LogP contribution is 2.22. The Morgan fingerprint density at radius 1 is 1.45 bits per heavy atom. The molecule has 1 saturated heterocycles. The molecule has 0 radical (unpaired) electrons. The van der Waals surface area contributed by atoms with Crippen molar-refractivity contribution in [2.75, 3.05) is 24.5 Å². The Balaban J connectivity index is 2.04. The van der Waals surface area contributed by atoms with Gasteiger partial charge in [0, 0.05) is 31.4 Å². The summed E-state index contributed by atoms with van der Waals surface area (Å²) in [7, 11) is 0. The summed E-state index contributed by atoms with van der Waals surface area (Å²) >= 11 is 0. The highest BCUT2D eigenvalue weighted by molar-refractivity contribution is 5.79. The fourth-order valence-electron chi connectivity index (χ4n) is 2.65. The first kappa shape index (κ1) is 14.8. The van der Waals surface area contributed by atoms with Crippen LogP contribution < -0.4 is 10.2 Å². The van der Waals surface area contributed by atoms with Crippen LogP contribution in [0.15, 0.2) is 6.07 Å². The molecule has 110 valence electrons. The number of anilines is 1. The second-order valence-corrected chi connectivity index (χ2v) is 5.49. The molecule has 2 rings (SSSR count). The second-order valence-electron chi connectivity index (χ2n) is 5.49. The third-order valence-corrected chi connectivity index (χ3v) is 3.62. The summed E-state index contributed by atoms with van der Waals surface area (Å²) in [6.07, 6.45) is 2.98. The van der Waals surface area contributed by atoms with Crippen LogP contribution in [0.4, 0.5) is 5.82 Å². The standard InChI is InChI=1S/C15H24N4O/c1-4-7-16-15(20)13-6-5-8-19(10-13)14-9-11(2)17-12(3)18-14/h9,13H,4-8,10H2,1-3H3,(H,16,20). The number of carbonyl (C=O) groups excluding carboxylic acids is 1. The van der Waals surface area contributed by atoms with E-state index in [-0.39, 0.29) is 11.8 Å². The molecule has 0 saturated carbocycles. The lowest BCUT2D eigenvalue weighted by Gasteiger charge is -2.33. The maximum absolute atomic E-state index is 12.1. The summed E-state index contributed by atoms with van der Waals surface area (Å²) < 4.78 is 0. The van der Waals surface area contributed by atoms with Gasteiger partial charge in [0.2, 0.25) is 5.91 Å². The first-order valence-corrected chi connectivity index (χ1v) is 7.45. The van der Waals surface area contributed by atoms with Crippen molar-refractivity contribution in [1.82, 2.24) is 15.3 Å². The molecule has 1 N–H and O–H groups in total. The van der Waals surface area contributed by atoms with E-state index in [1.807, 2.05) is 19.9 Å². The lowest BCUT2D eigenvalue weighted by atomic mass is 9.97. The van der Waals surface area contributed by atoms with Gasteiger partial charge in [-0.3, -0.25) is 4.79 Å². The molecule has 1 fully saturated rings. The van der Waals surface area contributed by atoms with Gasteiger partial charge in [-0.05, 0) is 33.1 Å². The SMILES string of the molecule is CCCNC(=O)C1CCCN(c2cc(C)nc(C)n2)C1. The topological polar surface area (TPSA) is 58.1 Å². The predicted octanol–water partition coefficient (Wildman–Crippen LogP) is 1.84. The van der Waals surface area contributed by atoms with Crippen molar-refractivity contribution >= 4 is 11.7 Å². The van der Waals surface area contributed by atoms with Gasteiger partial charge in [-0.2, -0.15) is 0 Å². The Morgan fingerprint density at radius 3 is 2.95 bits per heavy atom. The van der Waals surface area contributed by atoms with Crippen LogP contribution in [0.5, 0.6) is 0 Å². The van der Waals surface area contributed by atoms with Gasteiger partial charge in [-0.1, -0.05) is 6.92 Å². The van der Waals surface area contributed by atoms with Crippen LogP contribution >= 0.6 is 0 Å². The molecule has 0 spiro atoms. The maximum atomic E-state index is 12.1. The zero-order chi connectivity index (χ0) is 14.5. The first-order chi connectivity index (χ1) is 9.60. The van der Waals surface area contributed by atoms with E-state index in [1.165, 1.54) is 0 Å². The van der Waals surface area contributed by atoms with E-state index in [2.05, 4.69) is 27.1 Å². The quantitative estimate of drug-likeness (QED) is 0.911. The molecule has 2 heterocycles. The fraction of sp³-hybridized carbons (Fsp3) is 0.667. The zero-order valence-electron chi connectivity index (χ0n) is 12.6. The van der Waals surface area contributed by atoms with Gasteiger partial charge in [0.05, 0.1) is 5.92 Å². The minimum Gasteiger partial charge on any atom is -0.356 e. The second kappa shape index (κ2) is 6.68. The molecule has 1 aromatic rings. The molecule has 0 aliphatic carbocycles. The molecular weight excluding hydrogens is 252 g/mol. The highest BCUT2D eigenvalue weighted by atomic mass is 16.1. The van der Waals surface area contributed by atoms with Crippen molar-refractivity contribution in [3.05, 3.63) is 17.6 Å². The van der Waals surface area contributed by atoms with Crippen molar-refractivity contribution < 1.29 is 4.79 Å². The zero-order valence-corrected chi connectivity index (χ0v) is 12.6. The van der Waals surface area contributed by atoms with Crippen molar-refractivity contribution in [2.45, 2.75) is 40.0 Å². The van der Waals surface area contributed by atoms with Crippen LogP contribution in [0.1, 0.15) is 37.7 Å². The molecule has 0 bridgehead atoms. The number of nitrogens with zero attached hydrogens (tertiary/aromatic N) is 3. The molecular formula is C15H24N4O. The van der Waals surface area contributed by atoms with Crippen LogP contribution in [0, 0.1) is 19.8 Å².